The van der Waals surface area contributed by atoms with Crippen LogP contribution in [0.3, 0.4) is 0 Å². The zero-order chi connectivity index (χ0) is 46.2. The highest BCUT2D eigenvalue weighted by Gasteiger charge is 2.44. The third-order valence-corrected chi connectivity index (χ3v) is 12.1. The molecular weight excluding hydrogens is 799 g/mol. The van der Waals surface area contributed by atoms with E-state index in [1.54, 1.807) is 0 Å². The van der Waals surface area contributed by atoms with Gasteiger partial charge in [-0.15, -0.1) is 0 Å². The first-order valence-corrected chi connectivity index (χ1v) is 25.5. The van der Waals surface area contributed by atoms with Gasteiger partial charge in [0.15, 0.2) is 6.29 Å². The summed E-state index contributed by atoms with van der Waals surface area (Å²) < 4.78 is 11.1. The molecule has 1 saturated heterocycles. The summed E-state index contributed by atoms with van der Waals surface area (Å²) >= 11 is 0. The van der Waals surface area contributed by atoms with Crippen LogP contribution in [-0.4, -0.2) is 110 Å². The van der Waals surface area contributed by atoms with Crippen molar-refractivity contribution in [2.75, 3.05) is 13.2 Å². The van der Waals surface area contributed by atoms with Crippen LogP contribution in [0.1, 0.15) is 206 Å². The van der Waals surface area contributed by atoms with Crippen molar-refractivity contribution in [1.82, 2.24) is 5.32 Å². The van der Waals surface area contributed by atoms with Gasteiger partial charge in [-0.3, -0.25) is 4.79 Å². The van der Waals surface area contributed by atoms with E-state index in [0.717, 1.165) is 57.8 Å². The second-order valence-electron chi connectivity index (χ2n) is 17.9. The van der Waals surface area contributed by atoms with Crippen LogP contribution >= 0.6 is 0 Å². The van der Waals surface area contributed by atoms with E-state index in [2.05, 4.69) is 67.8 Å². The molecule has 63 heavy (non-hydrogen) atoms. The molecule has 9 unspecified atom stereocenters. The number of allylic oxidation sites excluding steroid dienone is 8. The molecule has 0 aromatic heterocycles. The lowest BCUT2D eigenvalue weighted by Gasteiger charge is -2.40. The SMILES string of the molecule is CCCCC/C=C\CCCCCCC(O)C(=O)NC(COC1OC(CO)C(O)C(O)C1O)C(O)C(O)CCC/C=C/CC/C=C/CC/C=C/CCCCCCCCCCCCCC. The summed E-state index contributed by atoms with van der Waals surface area (Å²) in [6.45, 7) is 3.38. The third-order valence-electron chi connectivity index (χ3n) is 12.1. The number of rotatable bonds is 42. The average Bonchev–Trinajstić information content (AvgIpc) is 3.28. The largest absolute Gasteiger partial charge is 0.394 e. The van der Waals surface area contributed by atoms with Gasteiger partial charge in [0.25, 0.3) is 0 Å². The summed E-state index contributed by atoms with van der Waals surface area (Å²) in [5, 5.41) is 75.7. The summed E-state index contributed by atoms with van der Waals surface area (Å²) in [5.41, 5.74) is 0. The first-order chi connectivity index (χ1) is 30.7. The van der Waals surface area contributed by atoms with Crippen molar-refractivity contribution in [3.05, 3.63) is 48.6 Å². The summed E-state index contributed by atoms with van der Waals surface area (Å²) in [5.74, 6) is -0.725. The van der Waals surface area contributed by atoms with Gasteiger partial charge in [0.1, 0.15) is 36.6 Å². The van der Waals surface area contributed by atoms with Gasteiger partial charge in [0.2, 0.25) is 5.91 Å². The van der Waals surface area contributed by atoms with Crippen LogP contribution in [0.15, 0.2) is 48.6 Å². The molecule has 0 aromatic rings. The molecule has 11 heteroatoms. The van der Waals surface area contributed by atoms with E-state index in [1.807, 2.05) is 0 Å². The molecule has 1 aliphatic heterocycles. The van der Waals surface area contributed by atoms with Crippen LogP contribution in [0.25, 0.3) is 0 Å². The number of aliphatic hydroxyl groups is 7. The highest BCUT2D eigenvalue weighted by Crippen LogP contribution is 2.23. The molecule has 0 radical (unpaired) electrons. The molecule has 1 heterocycles. The lowest BCUT2D eigenvalue weighted by atomic mass is 9.98. The fourth-order valence-electron chi connectivity index (χ4n) is 7.82. The van der Waals surface area contributed by atoms with Crippen molar-refractivity contribution in [3.8, 4) is 0 Å². The number of carbonyl (C=O) groups excluding carboxylic acids is 1. The smallest absolute Gasteiger partial charge is 0.249 e. The Morgan fingerprint density at radius 2 is 0.952 bits per heavy atom. The van der Waals surface area contributed by atoms with Crippen molar-refractivity contribution >= 4 is 5.91 Å². The highest BCUT2D eigenvalue weighted by atomic mass is 16.7. The van der Waals surface area contributed by atoms with Crippen molar-refractivity contribution in [2.45, 2.75) is 262 Å². The Balaban J connectivity index is 2.39. The number of carbonyl (C=O) groups is 1. The molecule has 368 valence electrons. The van der Waals surface area contributed by atoms with Crippen molar-refractivity contribution in [1.29, 1.82) is 0 Å². The summed E-state index contributed by atoms with van der Waals surface area (Å²) in [4.78, 5) is 13.1. The van der Waals surface area contributed by atoms with E-state index in [-0.39, 0.29) is 12.8 Å². The van der Waals surface area contributed by atoms with E-state index >= 15 is 0 Å². The summed E-state index contributed by atoms with van der Waals surface area (Å²) in [7, 11) is 0. The van der Waals surface area contributed by atoms with Gasteiger partial charge in [0, 0.05) is 0 Å². The van der Waals surface area contributed by atoms with E-state index in [1.165, 1.54) is 103 Å². The molecule has 1 aliphatic rings. The Kier molecular flexibility index (Phi) is 38.9. The van der Waals surface area contributed by atoms with Gasteiger partial charge in [-0.05, 0) is 89.9 Å². The van der Waals surface area contributed by atoms with Crippen LogP contribution < -0.4 is 5.32 Å². The van der Waals surface area contributed by atoms with Crippen molar-refractivity contribution < 1.29 is 50.0 Å². The van der Waals surface area contributed by atoms with Crippen LogP contribution in [-0.2, 0) is 14.3 Å². The molecule has 0 aromatic carbocycles. The van der Waals surface area contributed by atoms with Gasteiger partial charge < -0.3 is 50.5 Å². The van der Waals surface area contributed by atoms with Crippen LogP contribution in [0.2, 0.25) is 0 Å². The van der Waals surface area contributed by atoms with E-state index in [0.29, 0.717) is 19.3 Å². The van der Waals surface area contributed by atoms with E-state index < -0.39 is 74.2 Å². The minimum Gasteiger partial charge on any atom is -0.394 e. The molecule has 11 nitrogen and oxygen atoms in total. The number of aliphatic hydroxyl groups excluding tert-OH is 7. The molecule has 0 saturated carbocycles. The number of hydrogen-bond acceptors (Lipinski definition) is 10. The Morgan fingerprint density at radius 1 is 0.540 bits per heavy atom. The Bertz CT molecular complexity index is 1160. The minimum atomic E-state index is -1.67. The lowest BCUT2D eigenvalue weighted by Crippen LogP contribution is -2.60. The lowest BCUT2D eigenvalue weighted by molar-refractivity contribution is -0.303. The van der Waals surface area contributed by atoms with Crippen molar-refractivity contribution in [2.24, 2.45) is 0 Å². The number of amides is 1. The van der Waals surface area contributed by atoms with Gasteiger partial charge >= 0.3 is 0 Å². The second kappa shape index (κ2) is 41.5. The molecular formula is C52H95NO10. The van der Waals surface area contributed by atoms with Gasteiger partial charge in [-0.25, -0.2) is 0 Å². The normalized spacial score (nSPS) is 21.6. The maximum Gasteiger partial charge on any atom is 0.249 e. The fourth-order valence-corrected chi connectivity index (χ4v) is 7.82. The minimum absolute atomic E-state index is 0.233. The molecule has 8 N–H and O–H groups in total. The summed E-state index contributed by atoms with van der Waals surface area (Å²) in [6, 6.07) is -1.20. The zero-order valence-corrected chi connectivity index (χ0v) is 39.8. The first-order valence-electron chi connectivity index (χ1n) is 25.5. The van der Waals surface area contributed by atoms with Gasteiger partial charge in [0.05, 0.1) is 25.4 Å². The Labute approximate surface area is 383 Å². The maximum absolute atomic E-state index is 13.1. The predicted octanol–water partition coefficient (Wildman–Crippen LogP) is 9.34. The number of hydrogen-bond donors (Lipinski definition) is 8. The van der Waals surface area contributed by atoms with E-state index in [9.17, 15) is 40.5 Å². The molecule has 0 aliphatic carbocycles. The summed E-state index contributed by atoms with van der Waals surface area (Å²) in [6.07, 6.45) is 38.9. The standard InChI is InChI=1S/C52H95NO10/c1-3-5-7-9-11-13-15-16-17-18-19-20-21-22-23-24-25-26-27-28-30-31-33-35-37-39-44(55)47(57)43(42-62-52-50(60)49(59)48(58)46(41-54)63-52)53-51(61)45(56)40-38-36-34-32-29-14-12-10-8-6-4-2/h12,14,22-23,26-27,31,33,43-50,52,54-60H,3-11,13,15-21,24-25,28-30,32,34-42H2,1-2H3,(H,53,61)/b14-12-,23-22+,27-26+,33-31+. The van der Waals surface area contributed by atoms with Crippen LogP contribution in [0.4, 0.5) is 0 Å². The van der Waals surface area contributed by atoms with Crippen molar-refractivity contribution in [3.63, 3.8) is 0 Å². The predicted molar refractivity (Wildman–Crippen MR) is 256 cm³/mol. The van der Waals surface area contributed by atoms with Gasteiger partial charge in [-0.2, -0.15) is 0 Å². The van der Waals surface area contributed by atoms with Crippen LogP contribution in [0.5, 0.6) is 0 Å². The van der Waals surface area contributed by atoms with Gasteiger partial charge in [-0.1, -0.05) is 165 Å². The van der Waals surface area contributed by atoms with Crippen LogP contribution in [0, 0.1) is 0 Å². The molecule has 9 atom stereocenters. The average molecular weight is 894 g/mol. The molecule has 0 spiro atoms. The highest BCUT2D eigenvalue weighted by molar-refractivity contribution is 5.80. The molecule has 1 rings (SSSR count). The maximum atomic E-state index is 13.1. The monoisotopic (exact) mass is 894 g/mol. The fraction of sp³-hybridized carbons (Fsp3) is 0.827. The Morgan fingerprint density at radius 3 is 1.44 bits per heavy atom. The zero-order valence-electron chi connectivity index (χ0n) is 39.8. The number of nitrogens with one attached hydrogen (secondary N) is 1. The second-order valence-corrected chi connectivity index (χ2v) is 17.9. The molecule has 1 fully saturated rings. The van der Waals surface area contributed by atoms with E-state index in [4.69, 9.17) is 9.47 Å². The molecule has 0 bridgehead atoms. The topological polar surface area (TPSA) is 189 Å². The quantitative estimate of drug-likeness (QED) is 0.0217. The third kappa shape index (κ3) is 30.8. The number of ether oxygens (including phenoxy) is 2. The number of unbranched alkanes of at least 4 members (excludes halogenated alkanes) is 22. The molecule has 1 amide bonds. The Hall–Kier alpha value is -1.93. The first kappa shape index (κ1) is 59.1.